The first-order valence-corrected chi connectivity index (χ1v) is 7.00. The molecule has 0 radical (unpaired) electrons. The lowest BCUT2D eigenvalue weighted by molar-refractivity contribution is 0.775. The second-order valence-electron chi connectivity index (χ2n) is 4.49. The lowest BCUT2D eigenvalue weighted by atomic mass is 10.1. The Morgan fingerprint density at radius 2 is 1.80 bits per heavy atom. The van der Waals surface area contributed by atoms with Gasteiger partial charge in [-0.1, -0.05) is 54.7 Å². The molecule has 102 valence electrons. The van der Waals surface area contributed by atoms with Crippen LogP contribution in [0.15, 0.2) is 18.2 Å². The van der Waals surface area contributed by atoms with Crippen molar-refractivity contribution >= 4 is 34.8 Å². The van der Waals surface area contributed by atoms with Gasteiger partial charge in [0, 0.05) is 11.5 Å². The second kappa shape index (κ2) is 5.97. The van der Waals surface area contributed by atoms with Crippen molar-refractivity contribution in [1.82, 2.24) is 9.97 Å². The zero-order chi connectivity index (χ0) is 14.9. The number of hydrogen-bond donors (Lipinski definition) is 0. The molecule has 0 aliphatic heterocycles. The Morgan fingerprint density at radius 1 is 1.10 bits per heavy atom. The maximum atomic E-state index is 9.24. The first-order chi connectivity index (χ1) is 9.43. The summed E-state index contributed by atoms with van der Waals surface area (Å²) in [5.74, 6) is 0.678. The van der Waals surface area contributed by atoms with E-state index < -0.39 is 0 Å². The van der Waals surface area contributed by atoms with Gasteiger partial charge in [-0.2, -0.15) is 5.26 Å². The highest BCUT2D eigenvalue weighted by molar-refractivity contribution is 6.42. The zero-order valence-corrected chi connectivity index (χ0v) is 13.1. The molecule has 0 atom stereocenters. The standard InChI is InChI=1S/C14H10Cl3N3/c1-7(2)14-19-12(9(6-18)13(17)20-14)8-3-4-10(15)11(16)5-8/h3-5,7H,1-2H3. The minimum Gasteiger partial charge on any atom is -0.231 e. The van der Waals surface area contributed by atoms with Gasteiger partial charge in [0.1, 0.15) is 17.5 Å². The summed E-state index contributed by atoms with van der Waals surface area (Å²) < 4.78 is 0. The fraction of sp³-hybridized carbons (Fsp3) is 0.214. The summed E-state index contributed by atoms with van der Waals surface area (Å²) in [6.07, 6.45) is 0. The van der Waals surface area contributed by atoms with Crippen molar-refractivity contribution in [3.63, 3.8) is 0 Å². The van der Waals surface area contributed by atoms with E-state index in [1.54, 1.807) is 18.2 Å². The smallest absolute Gasteiger partial charge is 0.151 e. The Kier molecular flexibility index (Phi) is 4.49. The molecule has 0 fully saturated rings. The molecule has 1 aromatic carbocycles. The average Bonchev–Trinajstić information content (AvgIpc) is 2.40. The average molecular weight is 327 g/mol. The molecular formula is C14H10Cl3N3. The monoisotopic (exact) mass is 325 g/mol. The van der Waals surface area contributed by atoms with Gasteiger partial charge in [-0.05, 0) is 12.1 Å². The molecule has 0 spiro atoms. The van der Waals surface area contributed by atoms with E-state index in [1.165, 1.54) is 0 Å². The molecule has 0 aliphatic carbocycles. The maximum Gasteiger partial charge on any atom is 0.151 e. The number of halogens is 3. The molecule has 0 unspecified atom stereocenters. The van der Waals surface area contributed by atoms with Crippen LogP contribution in [0, 0.1) is 11.3 Å². The van der Waals surface area contributed by atoms with Crippen LogP contribution < -0.4 is 0 Å². The Morgan fingerprint density at radius 3 is 2.35 bits per heavy atom. The number of rotatable bonds is 2. The molecule has 0 bridgehead atoms. The van der Waals surface area contributed by atoms with Crippen molar-refractivity contribution in [2.75, 3.05) is 0 Å². The zero-order valence-electron chi connectivity index (χ0n) is 10.8. The van der Waals surface area contributed by atoms with E-state index in [1.807, 2.05) is 19.9 Å². The summed E-state index contributed by atoms with van der Waals surface area (Å²) in [5.41, 5.74) is 1.38. The van der Waals surface area contributed by atoms with E-state index in [0.29, 0.717) is 27.1 Å². The molecule has 3 nitrogen and oxygen atoms in total. The molecule has 2 aromatic rings. The molecule has 6 heteroatoms. The third-order valence-corrected chi connectivity index (χ3v) is 3.72. The number of hydrogen-bond acceptors (Lipinski definition) is 3. The van der Waals surface area contributed by atoms with Crippen molar-refractivity contribution in [1.29, 1.82) is 5.26 Å². The maximum absolute atomic E-state index is 9.24. The van der Waals surface area contributed by atoms with Crippen molar-refractivity contribution in [3.8, 4) is 17.3 Å². The van der Waals surface area contributed by atoms with Crippen molar-refractivity contribution in [2.45, 2.75) is 19.8 Å². The lowest BCUT2D eigenvalue weighted by Gasteiger charge is -2.10. The van der Waals surface area contributed by atoms with Crippen LogP contribution in [0.3, 0.4) is 0 Å². The first kappa shape index (κ1) is 15.1. The Labute approximate surface area is 132 Å². The van der Waals surface area contributed by atoms with E-state index >= 15 is 0 Å². The molecule has 0 amide bonds. The lowest BCUT2D eigenvalue weighted by Crippen LogP contribution is -2.03. The summed E-state index contributed by atoms with van der Waals surface area (Å²) in [4.78, 5) is 8.57. The fourth-order valence-electron chi connectivity index (χ4n) is 1.66. The Bertz CT molecular complexity index is 706. The molecule has 2 rings (SSSR count). The number of nitrogens with zero attached hydrogens (tertiary/aromatic N) is 3. The fourth-order valence-corrected chi connectivity index (χ4v) is 2.18. The highest BCUT2D eigenvalue weighted by atomic mass is 35.5. The number of benzene rings is 1. The SMILES string of the molecule is CC(C)c1nc(Cl)c(C#N)c(-c2ccc(Cl)c(Cl)c2)n1. The van der Waals surface area contributed by atoms with Gasteiger partial charge in [-0.15, -0.1) is 0 Å². The van der Waals surface area contributed by atoms with Gasteiger partial charge in [-0.3, -0.25) is 0 Å². The molecule has 0 saturated carbocycles. The second-order valence-corrected chi connectivity index (χ2v) is 5.66. The van der Waals surface area contributed by atoms with E-state index in [0.717, 1.165) is 0 Å². The largest absolute Gasteiger partial charge is 0.231 e. The quantitative estimate of drug-likeness (QED) is 0.721. The van der Waals surface area contributed by atoms with Crippen LogP contribution >= 0.6 is 34.8 Å². The van der Waals surface area contributed by atoms with Crippen LogP contribution in [0.5, 0.6) is 0 Å². The number of nitriles is 1. The van der Waals surface area contributed by atoms with E-state index in [-0.39, 0.29) is 16.6 Å². The van der Waals surface area contributed by atoms with E-state index in [2.05, 4.69) is 9.97 Å². The van der Waals surface area contributed by atoms with Crippen molar-refractivity contribution in [3.05, 3.63) is 44.8 Å². The van der Waals surface area contributed by atoms with E-state index in [4.69, 9.17) is 34.8 Å². The Balaban J connectivity index is 2.71. The van der Waals surface area contributed by atoms with Crippen LogP contribution in [-0.4, -0.2) is 9.97 Å². The first-order valence-electron chi connectivity index (χ1n) is 5.87. The normalized spacial score (nSPS) is 10.7. The predicted molar refractivity (Wildman–Crippen MR) is 81.3 cm³/mol. The van der Waals surface area contributed by atoms with Gasteiger partial charge in [0.25, 0.3) is 0 Å². The van der Waals surface area contributed by atoms with Gasteiger partial charge >= 0.3 is 0 Å². The molecule has 0 N–H and O–H groups in total. The van der Waals surface area contributed by atoms with Gasteiger partial charge in [0.15, 0.2) is 5.15 Å². The minimum absolute atomic E-state index is 0.0989. The van der Waals surface area contributed by atoms with Crippen LogP contribution in [0.25, 0.3) is 11.3 Å². The van der Waals surface area contributed by atoms with Crippen LogP contribution in [0.1, 0.15) is 31.2 Å². The van der Waals surface area contributed by atoms with Gasteiger partial charge < -0.3 is 0 Å². The predicted octanol–water partition coefficient (Wildman–Crippen LogP) is 5.10. The van der Waals surface area contributed by atoms with Crippen LogP contribution in [0.2, 0.25) is 15.2 Å². The van der Waals surface area contributed by atoms with Gasteiger partial charge in [0.05, 0.1) is 15.7 Å². The van der Waals surface area contributed by atoms with Crippen molar-refractivity contribution < 1.29 is 0 Å². The third kappa shape index (κ3) is 2.88. The molecule has 0 saturated heterocycles. The van der Waals surface area contributed by atoms with Gasteiger partial charge in [-0.25, -0.2) is 9.97 Å². The third-order valence-electron chi connectivity index (χ3n) is 2.70. The topological polar surface area (TPSA) is 49.6 Å². The Hall–Kier alpha value is -1.34. The highest BCUT2D eigenvalue weighted by Crippen LogP contribution is 2.31. The van der Waals surface area contributed by atoms with Crippen LogP contribution in [0.4, 0.5) is 0 Å². The molecular weight excluding hydrogens is 317 g/mol. The molecule has 20 heavy (non-hydrogen) atoms. The minimum atomic E-state index is 0.0989. The van der Waals surface area contributed by atoms with Crippen LogP contribution in [-0.2, 0) is 0 Å². The molecule has 1 aromatic heterocycles. The summed E-state index contributed by atoms with van der Waals surface area (Å²) in [5, 5.41) is 10.2. The summed E-state index contributed by atoms with van der Waals surface area (Å²) in [6, 6.07) is 7.10. The summed E-state index contributed by atoms with van der Waals surface area (Å²) >= 11 is 18.0. The molecule has 0 aliphatic rings. The molecule has 1 heterocycles. The highest BCUT2D eigenvalue weighted by Gasteiger charge is 2.16. The van der Waals surface area contributed by atoms with E-state index in [9.17, 15) is 5.26 Å². The summed E-state index contributed by atoms with van der Waals surface area (Å²) in [6.45, 7) is 3.91. The van der Waals surface area contributed by atoms with Crippen molar-refractivity contribution in [2.24, 2.45) is 0 Å². The van der Waals surface area contributed by atoms with Gasteiger partial charge in [0.2, 0.25) is 0 Å². The summed E-state index contributed by atoms with van der Waals surface area (Å²) in [7, 11) is 0. The number of aromatic nitrogens is 2.